The van der Waals surface area contributed by atoms with Crippen LogP contribution in [0.5, 0.6) is 0 Å². The van der Waals surface area contributed by atoms with Crippen molar-refractivity contribution in [3.8, 4) is 0 Å². The van der Waals surface area contributed by atoms with Crippen LogP contribution in [0.1, 0.15) is 40.3 Å². The molecule has 0 aliphatic carbocycles. The summed E-state index contributed by atoms with van der Waals surface area (Å²) in [5.74, 6) is 0. The molecule has 0 N–H and O–H groups in total. The summed E-state index contributed by atoms with van der Waals surface area (Å²) in [4.78, 5) is 8.39. The Morgan fingerprint density at radius 1 is 1.00 bits per heavy atom. The second-order valence-electron chi connectivity index (χ2n) is 7.51. The Morgan fingerprint density at radius 3 is 2.42 bits per heavy atom. The lowest BCUT2D eigenvalue weighted by atomic mass is 10.0. The average Bonchev–Trinajstić information content (AvgIpc) is 3.09. The Hall–Kier alpha value is -1.73. The predicted molar refractivity (Wildman–Crippen MR) is 91.7 cm³/mol. The molecular formula is C17H29N5O2. The van der Waals surface area contributed by atoms with Crippen LogP contribution in [0.2, 0.25) is 0 Å². The highest BCUT2D eigenvalue weighted by atomic mass is 16.5. The van der Waals surface area contributed by atoms with Crippen LogP contribution >= 0.6 is 0 Å². The number of aromatic nitrogens is 5. The van der Waals surface area contributed by atoms with Crippen molar-refractivity contribution < 1.29 is 9.47 Å². The second kappa shape index (κ2) is 7.90. The Labute approximate surface area is 144 Å². The zero-order valence-electron chi connectivity index (χ0n) is 15.4. The molecule has 2 heterocycles. The highest BCUT2D eigenvalue weighted by molar-refractivity contribution is 5.01. The fraction of sp³-hybridized carbons (Fsp3) is 0.706. The molecule has 2 rings (SSSR count). The number of imidazole rings is 1. The van der Waals surface area contributed by atoms with Crippen molar-refractivity contribution in [1.29, 1.82) is 0 Å². The topological polar surface area (TPSA) is 67.0 Å². The van der Waals surface area contributed by atoms with Gasteiger partial charge in [0.2, 0.25) is 0 Å². The summed E-state index contributed by atoms with van der Waals surface area (Å²) in [6.45, 7) is 13.1. The van der Waals surface area contributed by atoms with E-state index in [0.29, 0.717) is 19.8 Å². The molecule has 0 spiro atoms. The van der Waals surface area contributed by atoms with E-state index in [1.165, 1.54) is 6.33 Å². The van der Waals surface area contributed by atoms with E-state index in [2.05, 4.69) is 60.4 Å². The fourth-order valence-electron chi connectivity index (χ4n) is 2.33. The molecular weight excluding hydrogens is 306 g/mol. The second-order valence-corrected chi connectivity index (χ2v) is 7.51. The molecule has 2 aromatic heterocycles. The first-order chi connectivity index (χ1) is 11.2. The third kappa shape index (κ3) is 6.80. The van der Waals surface area contributed by atoms with Crippen LogP contribution in [-0.2, 0) is 29.0 Å². The van der Waals surface area contributed by atoms with E-state index in [-0.39, 0.29) is 11.2 Å². The summed E-state index contributed by atoms with van der Waals surface area (Å²) in [7, 11) is 0. The molecule has 7 nitrogen and oxygen atoms in total. The van der Waals surface area contributed by atoms with Crippen LogP contribution in [0.3, 0.4) is 0 Å². The molecule has 2 aromatic rings. The van der Waals surface area contributed by atoms with Crippen molar-refractivity contribution in [3.63, 3.8) is 0 Å². The van der Waals surface area contributed by atoms with Gasteiger partial charge in [-0.25, -0.2) is 9.97 Å². The first-order valence-corrected chi connectivity index (χ1v) is 8.34. The number of nitrogens with zero attached hydrogens (tertiary/aromatic N) is 5. The molecule has 0 radical (unpaired) electrons. The third-order valence-electron chi connectivity index (χ3n) is 3.46. The average molecular weight is 335 g/mol. The van der Waals surface area contributed by atoms with Gasteiger partial charge in [-0.2, -0.15) is 5.10 Å². The van der Waals surface area contributed by atoms with Gasteiger partial charge in [-0.3, -0.25) is 4.68 Å². The molecule has 0 saturated carbocycles. The van der Waals surface area contributed by atoms with Crippen molar-refractivity contribution in [3.05, 3.63) is 30.9 Å². The summed E-state index contributed by atoms with van der Waals surface area (Å²) in [5.41, 5.74) is 0.641. The van der Waals surface area contributed by atoms with Gasteiger partial charge in [0.15, 0.2) is 0 Å². The van der Waals surface area contributed by atoms with Crippen LogP contribution < -0.4 is 0 Å². The minimum Gasteiger partial charge on any atom is -0.374 e. The van der Waals surface area contributed by atoms with E-state index >= 15 is 0 Å². The van der Waals surface area contributed by atoms with E-state index in [1.54, 1.807) is 11.0 Å². The van der Waals surface area contributed by atoms with E-state index in [0.717, 1.165) is 18.7 Å². The highest BCUT2D eigenvalue weighted by Crippen LogP contribution is 2.16. The number of ether oxygens (including phenoxy) is 2. The monoisotopic (exact) mass is 335 g/mol. The van der Waals surface area contributed by atoms with Crippen molar-refractivity contribution in [2.24, 2.45) is 0 Å². The molecule has 0 aliphatic rings. The summed E-state index contributed by atoms with van der Waals surface area (Å²) in [6.07, 6.45) is 7.90. The van der Waals surface area contributed by atoms with Gasteiger partial charge in [0.1, 0.15) is 12.7 Å². The number of hydrogen-bond donors (Lipinski definition) is 0. The fourth-order valence-corrected chi connectivity index (χ4v) is 2.33. The maximum Gasteiger partial charge on any atom is 0.137 e. The lowest BCUT2D eigenvalue weighted by Gasteiger charge is -2.24. The Bertz CT molecular complexity index is 599. The smallest absolute Gasteiger partial charge is 0.137 e. The Kier molecular flexibility index (Phi) is 6.12. The van der Waals surface area contributed by atoms with Gasteiger partial charge in [-0.05, 0) is 34.6 Å². The number of rotatable bonds is 9. The highest BCUT2D eigenvalue weighted by Gasteiger charge is 2.20. The predicted octanol–water partition coefficient (Wildman–Crippen LogP) is 2.33. The summed E-state index contributed by atoms with van der Waals surface area (Å²) in [6, 6.07) is 0. The molecule has 134 valence electrons. The quantitative estimate of drug-likeness (QED) is 0.703. The normalized spacial score (nSPS) is 12.7. The molecule has 0 unspecified atom stereocenters. The van der Waals surface area contributed by atoms with E-state index in [1.807, 2.05) is 6.33 Å². The van der Waals surface area contributed by atoms with E-state index in [9.17, 15) is 0 Å². The molecule has 0 aliphatic heterocycles. The molecule has 0 fully saturated rings. The molecule has 0 amide bonds. The minimum atomic E-state index is -0.276. The van der Waals surface area contributed by atoms with Gasteiger partial charge < -0.3 is 14.0 Å². The first kappa shape index (κ1) is 18.6. The van der Waals surface area contributed by atoms with Crippen molar-refractivity contribution in [2.75, 3.05) is 13.2 Å². The maximum absolute atomic E-state index is 5.98. The van der Waals surface area contributed by atoms with Crippen LogP contribution in [0.4, 0.5) is 0 Å². The molecule has 0 bridgehead atoms. The maximum atomic E-state index is 5.98. The van der Waals surface area contributed by atoms with Gasteiger partial charge in [-0.15, -0.1) is 0 Å². The number of hydrogen-bond acceptors (Lipinski definition) is 5. The lowest BCUT2D eigenvalue weighted by Crippen LogP contribution is -2.29. The molecule has 0 saturated heterocycles. The largest absolute Gasteiger partial charge is 0.374 e. The van der Waals surface area contributed by atoms with Gasteiger partial charge in [0.25, 0.3) is 0 Å². The Balaban J connectivity index is 1.75. The molecule has 7 heteroatoms. The summed E-state index contributed by atoms with van der Waals surface area (Å²) in [5, 5.41) is 4.07. The molecule has 0 atom stereocenters. The summed E-state index contributed by atoms with van der Waals surface area (Å²) < 4.78 is 15.6. The van der Waals surface area contributed by atoms with Gasteiger partial charge >= 0.3 is 0 Å². The van der Waals surface area contributed by atoms with Crippen molar-refractivity contribution >= 4 is 0 Å². The van der Waals surface area contributed by atoms with Crippen LogP contribution in [0.15, 0.2) is 25.2 Å². The van der Waals surface area contributed by atoms with Crippen LogP contribution in [0, 0.1) is 0 Å². The first-order valence-electron chi connectivity index (χ1n) is 8.34. The molecule has 0 aromatic carbocycles. The van der Waals surface area contributed by atoms with Crippen molar-refractivity contribution in [1.82, 2.24) is 24.3 Å². The van der Waals surface area contributed by atoms with Crippen molar-refractivity contribution in [2.45, 2.75) is 65.3 Å². The SMILES string of the molecule is CC(C)(C)OCCn1cnc(CC(C)(C)OCCn2cncn2)c1. The van der Waals surface area contributed by atoms with E-state index < -0.39 is 0 Å². The van der Waals surface area contributed by atoms with Gasteiger partial charge in [0.05, 0.1) is 43.0 Å². The van der Waals surface area contributed by atoms with E-state index in [4.69, 9.17) is 9.47 Å². The van der Waals surface area contributed by atoms with Gasteiger partial charge in [0, 0.05) is 19.2 Å². The van der Waals surface area contributed by atoms with Gasteiger partial charge in [-0.1, -0.05) is 0 Å². The summed E-state index contributed by atoms with van der Waals surface area (Å²) >= 11 is 0. The molecule has 24 heavy (non-hydrogen) atoms. The van der Waals surface area contributed by atoms with Crippen LogP contribution in [-0.4, -0.2) is 48.7 Å². The zero-order valence-corrected chi connectivity index (χ0v) is 15.4. The Morgan fingerprint density at radius 2 is 1.75 bits per heavy atom. The zero-order chi connectivity index (χ0) is 17.6. The van der Waals surface area contributed by atoms with Crippen LogP contribution in [0.25, 0.3) is 0 Å². The standard InChI is InChI=1S/C17H29N5O2/c1-16(2,3)23-8-6-21-11-15(19-14-21)10-17(4,5)24-9-7-22-13-18-12-20-22/h11-14H,6-10H2,1-5H3. The minimum absolute atomic E-state index is 0.108. The lowest BCUT2D eigenvalue weighted by molar-refractivity contribution is -0.0222. The third-order valence-corrected chi connectivity index (χ3v) is 3.46.